The number of hydrogen-bond acceptors (Lipinski definition) is 4. The maximum atomic E-state index is 5.89. The first kappa shape index (κ1) is 18.4. The van der Waals surface area contributed by atoms with Crippen molar-refractivity contribution in [2.45, 2.75) is 31.6 Å². The van der Waals surface area contributed by atoms with Gasteiger partial charge in [0.15, 0.2) is 11.5 Å². The van der Waals surface area contributed by atoms with Crippen LogP contribution in [0.25, 0.3) is 0 Å². The van der Waals surface area contributed by atoms with Gasteiger partial charge in [-0.1, -0.05) is 36.4 Å². The van der Waals surface area contributed by atoms with Gasteiger partial charge in [0.05, 0.1) is 5.69 Å². The van der Waals surface area contributed by atoms with E-state index in [4.69, 9.17) is 9.47 Å². The first-order valence-electron chi connectivity index (χ1n) is 11.0. The molecule has 1 saturated heterocycles. The van der Waals surface area contributed by atoms with E-state index < -0.39 is 0 Å². The van der Waals surface area contributed by atoms with Gasteiger partial charge in [0.25, 0.3) is 0 Å². The predicted octanol–water partition coefficient (Wildman–Crippen LogP) is 4.60. The van der Waals surface area contributed by atoms with Crippen LogP contribution in [0.4, 0.5) is 5.69 Å². The first-order chi connectivity index (χ1) is 14.4. The number of fused-ring (bicyclic) bond motifs is 2. The van der Waals surface area contributed by atoms with Gasteiger partial charge >= 0.3 is 0 Å². The molecule has 29 heavy (non-hydrogen) atoms. The molecule has 5 rings (SSSR count). The van der Waals surface area contributed by atoms with Crippen LogP contribution in [0.2, 0.25) is 0 Å². The molecule has 2 heterocycles. The van der Waals surface area contributed by atoms with Crippen molar-refractivity contribution in [3.05, 3.63) is 65.9 Å². The number of nitrogens with zero attached hydrogens (tertiary/aromatic N) is 2. The second-order valence-corrected chi connectivity index (χ2v) is 8.22. The van der Waals surface area contributed by atoms with Gasteiger partial charge in [-0.25, -0.2) is 0 Å². The summed E-state index contributed by atoms with van der Waals surface area (Å²) in [5, 5.41) is 0. The van der Waals surface area contributed by atoms with Gasteiger partial charge in [0, 0.05) is 26.2 Å². The molecular weight excluding hydrogens is 360 g/mol. The Morgan fingerprint density at radius 2 is 1.79 bits per heavy atom. The largest absolute Gasteiger partial charge is 0.486 e. The standard InChI is InChI=1S/C25H30N2O2/c1-2-8-22-20(6-1)11-12-21(22)7-3-4-13-26-14-16-27(17-15-26)23-9-5-10-24-25(23)29-19-18-28-24/h1-2,4-6,8-10,13,21H,3,7,11-12,14-19H2/b13-4+. The van der Waals surface area contributed by atoms with Gasteiger partial charge in [0.1, 0.15) is 13.2 Å². The molecule has 2 aromatic rings. The zero-order chi connectivity index (χ0) is 19.5. The molecule has 0 radical (unpaired) electrons. The smallest absolute Gasteiger partial charge is 0.184 e. The topological polar surface area (TPSA) is 24.9 Å². The molecule has 2 aromatic carbocycles. The number of benzene rings is 2. The predicted molar refractivity (Wildman–Crippen MR) is 117 cm³/mol. The lowest BCUT2D eigenvalue weighted by atomic mass is 9.96. The highest BCUT2D eigenvalue weighted by molar-refractivity contribution is 5.65. The minimum atomic E-state index is 0.637. The Morgan fingerprint density at radius 3 is 2.72 bits per heavy atom. The minimum absolute atomic E-state index is 0.637. The van der Waals surface area contributed by atoms with Crippen molar-refractivity contribution >= 4 is 5.69 Å². The minimum Gasteiger partial charge on any atom is -0.486 e. The number of ether oxygens (including phenoxy) is 2. The van der Waals surface area contributed by atoms with E-state index in [0.29, 0.717) is 13.2 Å². The van der Waals surface area contributed by atoms with Crippen LogP contribution in [0, 0.1) is 0 Å². The van der Waals surface area contributed by atoms with Crippen molar-refractivity contribution in [2.75, 3.05) is 44.3 Å². The van der Waals surface area contributed by atoms with Crippen molar-refractivity contribution in [1.82, 2.24) is 4.90 Å². The van der Waals surface area contributed by atoms with Crippen molar-refractivity contribution in [2.24, 2.45) is 0 Å². The molecule has 0 amide bonds. The fourth-order valence-corrected chi connectivity index (χ4v) is 4.89. The summed E-state index contributed by atoms with van der Waals surface area (Å²) in [6.45, 7) is 5.40. The second kappa shape index (κ2) is 8.40. The molecular formula is C25H30N2O2. The molecule has 0 bridgehead atoms. The highest BCUT2D eigenvalue weighted by Gasteiger charge is 2.23. The maximum Gasteiger partial charge on any atom is 0.184 e. The number of anilines is 1. The van der Waals surface area contributed by atoms with Crippen LogP contribution in [-0.2, 0) is 6.42 Å². The van der Waals surface area contributed by atoms with Crippen molar-refractivity contribution in [3.8, 4) is 11.5 Å². The molecule has 1 atom stereocenters. The van der Waals surface area contributed by atoms with E-state index >= 15 is 0 Å². The monoisotopic (exact) mass is 390 g/mol. The van der Waals surface area contributed by atoms with E-state index in [0.717, 1.165) is 50.0 Å². The number of hydrogen-bond donors (Lipinski definition) is 0. The van der Waals surface area contributed by atoms with Gasteiger partial charge in [-0.15, -0.1) is 0 Å². The highest BCUT2D eigenvalue weighted by Crippen LogP contribution is 2.40. The normalized spacial score (nSPS) is 20.9. The third-order valence-corrected chi connectivity index (χ3v) is 6.46. The Morgan fingerprint density at radius 1 is 0.931 bits per heavy atom. The average molecular weight is 391 g/mol. The highest BCUT2D eigenvalue weighted by atomic mass is 16.6. The zero-order valence-corrected chi connectivity index (χ0v) is 17.1. The van der Waals surface area contributed by atoms with E-state index in [1.807, 2.05) is 6.07 Å². The zero-order valence-electron chi connectivity index (χ0n) is 17.1. The number of aryl methyl sites for hydroxylation is 1. The number of piperazine rings is 1. The quantitative estimate of drug-likeness (QED) is 0.745. The summed E-state index contributed by atoms with van der Waals surface area (Å²) in [5.41, 5.74) is 4.33. The van der Waals surface area contributed by atoms with Crippen LogP contribution in [0.15, 0.2) is 54.7 Å². The maximum absolute atomic E-state index is 5.89. The van der Waals surface area contributed by atoms with E-state index in [1.165, 1.54) is 24.9 Å². The molecule has 4 heteroatoms. The Hall–Kier alpha value is -2.62. The lowest BCUT2D eigenvalue weighted by Gasteiger charge is -2.37. The van der Waals surface area contributed by atoms with E-state index in [2.05, 4.69) is 58.5 Å². The summed E-state index contributed by atoms with van der Waals surface area (Å²) in [6, 6.07) is 15.2. The molecule has 0 aromatic heterocycles. The van der Waals surface area contributed by atoms with Crippen LogP contribution >= 0.6 is 0 Å². The van der Waals surface area contributed by atoms with Gasteiger partial charge in [-0.2, -0.15) is 0 Å². The molecule has 0 spiro atoms. The van der Waals surface area contributed by atoms with E-state index in [9.17, 15) is 0 Å². The fraction of sp³-hybridized carbons (Fsp3) is 0.440. The third-order valence-electron chi connectivity index (χ3n) is 6.46. The SMILES string of the molecule is C(=C\N1CCN(c2cccc3c2OCCO3)CC1)/CCC1CCc2ccccc21. The third kappa shape index (κ3) is 3.93. The molecule has 1 aliphatic carbocycles. The van der Waals surface area contributed by atoms with E-state index in [1.54, 1.807) is 11.1 Å². The van der Waals surface area contributed by atoms with Crippen LogP contribution < -0.4 is 14.4 Å². The van der Waals surface area contributed by atoms with E-state index in [-0.39, 0.29) is 0 Å². The molecule has 1 fully saturated rings. The van der Waals surface area contributed by atoms with Gasteiger partial charge in [0.2, 0.25) is 0 Å². The molecule has 152 valence electrons. The van der Waals surface area contributed by atoms with Gasteiger partial charge < -0.3 is 19.3 Å². The van der Waals surface area contributed by atoms with Crippen LogP contribution in [0.3, 0.4) is 0 Å². The van der Waals surface area contributed by atoms with Gasteiger partial charge in [-0.3, -0.25) is 0 Å². The summed E-state index contributed by atoms with van der Waals surface area (Å²) >= 11 is 0. The number of para-hydroxylation sites is 1. The molecule has 0 N–H and O–H groups in total. The Bertz CT molecular complexity index is 871. The summed E-state index contributed by atoms with van der Waals surface area (Å²) in [7, 11) is 0. The summed E-state index contributed by atoms with van der Waals surface area (Å²) in [6.07, 6.45) is 9.69. The van der Waals surface area contributed by atoms with Crippen LogP contribution in [0.1, 0.15) is 36.3 Å². The first-order valence-corrected chi connectivity index (χ1v) is 11.0. The van der Waals surface area contributed by atoms with Crippen molar-refractivity contribution in [3.63, 3.8) is 0 Å². The number of allylic oxidation sites excluding steroid dienone is 1. The lowest BCUT2D eigenvalue weighted by molar-refractivity contribution is 0.171. The Labute approximate surface area is 173 Å². The second-order valence-electron chi connectivity index (χ2n) is 8.22. The summed E-state index contributed by atoms with van der Waals surface area (Å²) in [5.74, 6) is 2.54. The van der Waals surface area contributed by atoms with Crippen LogP contribution in [-0.4, -0.2) is 44.3 Å². The fourth-order valence-electron chi connectivity index (χ4n) is 4.89. The Balaban J connectivity index is 1.11. The van der Waals surface area contributed by atoms with Crippen molar-refractivity contribution < 1.29 is 9.47 Å². The van der Waals surface area contributed by atoms with Gasteiger partial charge in [-0.05, 0) is 61.1 Å². The molecule has 1 unspecified atom stereocenters. The lowest BCUT2D eigenvalue weighted by Crippen LogP contribution is -2.44. The van der Waals surface area contributed by atoms with Crippen molar-refractivity contribution in [1.29, 1.82) is 0 Å². The molecule has 4 nitrogen and oxygen atoms in total. The molecule has 2 aliphatic heterocycles. The Kier molecular flexibility index (Phi) is 5.33. The van der Waals surface area contributed by atoms with Crippen LogP contribution in [0.5, 0.6) is 11.5 Å². The summed E-state index contributed by atoms with van der Waals surface area (Å²) in [4.78, 5) is 4.87. The summed E-state index contributed by atoms with van der Waals surface area (Å²) < 4.78 is 11.6. The molecule has 3 aliphatic rings. The average Bonchev–Trinajstić information content (AvgIpc) is 3.20. The molecule has 0 saturated carbocycles. The number of rotatable bonds is 5.